The van der Waals surface area contributed by atoms with Gasteiger partial charge in [0.1, 0.15) is 5.75 Å². The van der Waals surface area contributed by atoms with Gasteiger partial charge in [0.25, 0.3) is 0 Å². The molecule has 0 saturated carbocycles. The van der Waals surface area contributed by atoms with Crippen LogP contribution >= 0.6 is 0 Å². The van der Waals surface area contributed by atoms with E-state index in [4.69, 9.17) is 4.74 Å². The Labute approximate surface area is 142 Å². The molecule has 2 saturated heterocycles. The maximum atomic E-state index is 9.58. The van der Waals surface area contributed by atoms with Crippen LogP contribution in [0.15, 0.2) is 24.3 Å². The zero-order valence-electron chi connectivity index (χ0n) is 14.9. The summed E-state index contributed by atoms with van der Waals surface area (Å²) in [6.45, 7) is 7.29. The van der Waals surface area contributed by atoms with Gasteiger partial charge in [0, 0.05) is 0 Å². The maximum Gasteiger partial charge on any atom is 0.118 e. The molecule has 2 heterocycles. The van der Waals surface area contributed by atoms with Crippen LogP contribution in [0.5, 0.6) is 5.75 Å². The number of ether oxygens (including phenoxy) is 2. The highest BCUT2D eigenvalue weighted by atomic mass is 16.6. The standard InChI is InChI=1S/C15H24O.C3H6O.C2H4O/c1-2-3-4-5-6-7-8-11-14-12-9-10-13-15(14)16;1-3-2-4-3;1-2-3-1/h9-10,12-13,16H,2-8,11H2,1H3;3H,2H2,1H3;1-2H2. The third-order valence-electron chi connectivity index (χ3n) is 3.75. The average molecular weight is 322 g/mol. The van der Waals surface area contributed by atoms with Gasteiger partial charge in [0.15, 0.2) is 0 Å². The number of epoxide rings is 2. The van der Waals surface area contributed by atoms with Crippen molar-refractivity contribution in [2.45, 2.75) is 71.3 Å². The van der Waals surface area contributed by atoms with Gasteiger partial charge in [0.05, 0.1) is 25.9 Å². The Bertz CT molecular complexity index is 383. The molecule has 2 aliphatic heterocycles. The molecule has 0 spiro atoms. The van der Waals surface area contributed by atoms with Crippen LogP contribution in [-0.2, 0) is 15.9 Å². The first-order valence-electron chi connectivity index (χ1n) is 9.20. The van der Waals surface area contributed by atoms with E-state index in [0.717, 1.165) is 31.8 Å². The molecule has 2 aliphatic rings. The number of para-hydroxylation sites is 1. The summed E-state index contributed by atoms with van der Waals surface area (Å²) in [4.78, 5) is 0. The smallest absolute Gasteiger partial charge is 0.118 e. The first kappa shape index (κ1) is 20.0. The lowest BCUT2D eigenvalue weighted by atomic mass is 10.0. The molecule has 0 amide bonds. The molecule has 0 aliphatic carbocycles. The Hall–Kier alpha value is -1.06. The topological polar surface area (TPSA) is 45.3 Å². The van der Waals surface area contributed by atoms with Crippen molar-refractivity contribution in [2.75, 3.05) is 19.8 Å². The fourth-order valence-electron chi connectivity index (χ4n) is 2.09. The molecule has 0 bridgehead atoms. The molecular formula is C20H34O3. The van der Waals surface area contributed by atoms with Gasteiger partial charge >= 0.3 is 0 Å². The number of phenols is 1. The van der Waals surface area contributed by atoms with E-state index in [-0.39, 0.29) is 0 Å². The molecule has 3 nitrogen and oxygen atoms in total. The second-order valence-electron chi connectivity index (χ2n) is 6.26. The number of aromatic hydroxyl groups is 1. The van der Waals surface area contributed by atoms with Gasteiger partial charge in [-0.05, 0) is 31.4 Å². The molecule has 0 radical (unpaired) electrons. The van der Waals surface area contributed by atoms with Crippen LogP contribution in [0, 0.1) is 0 Å². The molecule has 1 atom stereocenters. The van der Waals surface area contributed by atoms with E-state index in [1.807, 2.05) is 18.2 Å². The number of phenolic OH excluding ortho intramolecular Hbond substituents is 1. The van der Waals surface area contributed by atoms with Crippen LogP contribution in [-0.4, -0.2) is 31.0 Å². The summed E-state index contributed by atoms with van der Waals surface area (Å²) < 4.78 is 9.21. The van der Waals surface area contributed by atoms with Crippen LogP contribution in [0.4, 0.5) is 0 Å². The van der Waals surface area contributed by atoms with E-state index >= 15 is 0 Å². The van der Waals surface area contributed by atoms with Gasteiger partial charge in [-0.3, -0.25) is 0 Å². The molecule has 3 rings (SSSR count). The normalized spacial score (nSPS) is 17.4. The predicted molar refractivity (Wildman–Crippen MR) is 96.0 cm³/mol. The Morgan fingerprint density at radius 2 is 1.52 bits per heavy atom. The number of rotatable bonds is 8. The van der Waals surface area contributed by atoms with Gasteiger partial charge in [-0.2, -0.15) is 0 Å². The molecule has 23 heavy (non-hydrogen) atoms. The summed E-state index contributed by atoms with van der Waals surface area (Å²) in [5.74, 6) is 0.452. The summed E-state index contributed by atoms with van der Waals surface area (Å²) >= 11 is 0. The largest absolute Gasteiger partial charge is 0.508 e. The van der Waals surface area contributed by atoms with Crippen molar-refractivity contribution in [2.24, 2.45) is 0 Å². The lowest BCUT2D eigenvalue weighted by molar-refractivity contribution is 0.423. The third kappa shape index (κ3) is 14.3. The molecule has 2 fully saturated rings. The molecule has 1 unspecified atom stereocenters. The van der Waals surface area contributed by atoms with Gasteiger partial charge in [-0.15, -0.1) is 0 Å². The third-order valence-corrected chi connectivity index (χ3v) is 3.75. The predicted octanol–water partition coefficient (Wildman–Crippen LogP) is 5.11. The summed E-state index contributed by atoms with van der Waals surface area (Å²) in [6, 6.07) is 7.67. The van der Waals surface area contributed by atoms with Crippen LogP contribution in [0.1, 0.15) is 64.4 Å². The van der Waals surface area contributed by atoms with Crippen molar-refractivity contribution < 1.29 is 14.6 Å². The molecular weight excluding hydrogens is 288 g/mol. The minimum absolute atomic E-state index is 0.452. The molecule has 132 valence electrons. The molecule has 0 aromatic heterocycles. The van der Waals surface area contributed by atoms with Gasteiger partial charge in [-0.1, -0.05) is 63.6 Å². The summed E-state index contributed by atoms with van der Waals surface area (Å²) in [5.41, 5.74) is 1.09. The number of hydrogen-bond donors (Lipinski definition) is 1. The number of aryl methyl sites for hydroxylation is 1. The zero-order chi connectivity index (χ0) is 16.8. The average Bonchev–Trinajstić information content (AvgIpc) is 3.43. The Morgan fingerprint density at radius 3 is 2.00 bits per heavy atom. The van der Waals surface area contributed by atoms with Crippen molar-refractivity contribution in [3.63, 3.8) is 0 Å². The van der Waals surface area contributed by atoms with E-state index in [0.29, 0.717) is 11.9 Å². The van der Waals surface area contributed by atoms with Crippen molar-refractivity contribution >= 4 is 0 Å². The molecule has 3 heteroatoms. The Morgan fingerprint density at radius 1 is 1.00 bits per heavy atom. The summed E-state index contributed by atoms with van der Waals surface area (Å²) in [5, 5.41) is 9.58. The molecule has 1 aromatic rings. The second-order valence-corrected chi connectivity index (χ2v) is 6.26. The number of unbranched alkanes of at least 4 members (excludes halogenated alkanes) is 6. The van der Waals surface area contributed by atoms with Crippen LogP contribution in [0.2, 0.25) is 0 Å². The highest BCUT2D eigenvalue weighted by molar-refractivity contribution is 5.31. The highest BCUT2D eigenvalue weighted by Crippen LogP contribution is 2.18. The monoisotopic (exact) mass is 322 g/mol. The van der Waals surface area contributed by atoms with E-state index in [9.17, 15) is 5.11 Å². The molecule has 1 aromatic carbocycles. The Kier molecular flexibility index (Phi) is 11.6. The van der Waals surface area contributed by atoms with E-state index in [2.05, 4.69) is 18.6 Å². The van der Waals surface area contributed by atoms with E-state index < -0.39 is 0 Å². The SMILES string of the molecule is C1CO1.CC1CO1.CCCCCCCCCc1ccccc1O. The summed E-state index contributed by atoms with van der Waals surface area (Å²) in [7, 11) is 0. The van der Waals surface area contributed by atoms with Gasteiger partial charge in [0.2, 0.25) is 0 Å². The van der Waals surface area contributed by atoms with Crippen molar-refractivity contribution in [1.29, 1.82) is 0 Å². The Balaban J connectivity index is 0.000000304. The van der Waals surface area contributed by atoms with Gasteiger partial charge in [-0.25, -0.2) is 0 Å². The first-order valence-corrected chi connectivity index (χ1v) is 9.20. The molecule has 1 N–H and O–H groups in total. The minimum atomic E-state index is 0.452. The van der Waals surface area contributed by atoms with Crippen molar-refractivity contribution in [3.05, 3.63) is 29.8 Å². The van der Waals surface area contributed by atoms with E-state index in [1.54, 1.807) is 6.07 Å². The van der Waals surface area contributed by atoms with Crippen LogP contribution in [0.3, 0.4) is 0 Å². The van der Waals surface area contributed by atoms with Crippen molar-refractivity contribution in [3.8, 4) is 5.75 Å². The first-order chi connectivity index (χ1) is 11.2. The quantitative estimate of drug-likeness (QED) is 0.534. The zero-order valence-corrected chi connectivity index (χ0v) is 14.9. The van der Waals surface area contributed by atoms with Crippen LogP contribution in [0.25, 0.3) is 0 Å². The van der Waals surface area contributed by atoms with Gasteiger partial charge < -0.3 is 14.6 Å². The maximum absolute atomic E-state index is 9.58. The fraction of sp³-hybridized carbons (Fsp3) is 0.700. The fourth-order valence-corrected chi connectivity index (χ4v) is 2.09. The highest BCUT2D eigenvalue weighted by Gasteiger charge is 2.13. The number of hydrogen-bond acceptors (Lipinski definition) is 3. The van der Waals surface area contributed by atoms with Crippen LogP contribution < -0.4 is 0 Å². The summed E-state index contributed by atoms with van der Waals surface area (Å²) in [6.07, 6.45) is 10.9. The van der Waals surface area contributed by atoms with E-state index in [1.165, 1.54) is 44.9 Å². The van der Waals surface area contributed by atoms with Crippen molar-refractivity contribution in [1.82, 2.24) is 0 Å². The second kappa shape index (κ2) is 13.4. The minimum Gasteiger partial charge on any atom is -0.508 e. The number of benzene rings is 1. The lowest BCUT2D eigenvalue weighted by Gasteiger charge is -2.04. The lowest BCUT2D eigenvalue weighted by Crippen LogP contribution is -1.87.